The molecule has 0 atom stereocenters. The van der Waals surface area contributed by atoms with Crippen molar-refractivity contribution >= 4 is 47.8 Å². The van der Waals surface area contributed by atoms with Crippen molar-refractivity contribution in [2.24, 2.45) is 0 Å². The van der Waals surface area contributed by atoms with E-state index in [1.54, 1.807) is 25.3 Å². The minimum Gasteiger partial charge on any atom is -0.504 e. The number of ether oxygens (including phenoxy) is 7. The van der Waals surface area contributed by atoms with Crippen molar-refractivity contribution in [1.82, 2.24) is 0 Å². The zero-order chi connectivity index (χ0) is 28.1. The second kappa shape index (κ2) is 22.9. The van der Waals surface area contributed by atoms with Crippen LogP contribution < -0.4 is 14.2 Å². The van der Waals surface area contributed by atoms with Crippen molar-refractivity contribution in [3.8, 4) is 23.0 Å². The van der Waals surface area contributed by atoms with E-state index in [4.69, 9.17) is 38.3 Å². The van der Waals surface area contributed by atoms with E-state index in [0.717, 1.165) is 14.3 Å². The zero-order valence-electron chi connectivity index (χ0n) is 22.3. The van der Waals surface area contributed by atoms with Crippen LogP contribution in [0, 0.1) is 0 Å². The Balaban J connectivity index is 0.000000577. The number of hydrogen-bond acceptors (Lipinski definition) is 8. The number of rotatable bonds is 14. The number of hydrogen-bond donors (Lipinski definition) is 1. The highest BCUT2D eigenvalue weighted by molar-refractivity contribution is 9.10. The molecule has 0 fully saturated rings. The summed E-state index contributed by atoms with van der Waals surface area (Å²) in [5, 5.41) is 9.88. The Morgan fingerprint density at radius 3 is 1.57 bits per heavy atom. The quantitative estimate of drug-likeness (QED) is 0.163. The summed E-state index contributed by atoms with van der Waals surface area (Å²) in [6, 6.07) is 10.7. The third-order valence-electron chi connectivity index (χ3n) is 4.18. The molecule has 2 aromatic carbocycles. The van der Waals surface area contributed by atoms with Gasteiger partial charge in [0.1, 0.15) is 6.61 Å². The van der Waals surface area contributed by atoms with Crippen LogP contribution in [0.4, 0.5) is 0 Å². The molecule has 0 radical (unpaired) electrons. The minimum absolute atomic E-state index is 0.0694. The topological polar surface area (TPSA) is 84.8 Å². The average molecular weight is 719 g/mol. The number of methoxy groups -OCH3 is 2. The summed E-state index contributed by atoms with van der Waals surface area (Å²) < 4.78 is 38.6. The Kier molecular flexibility index (Phi) is 22.2. The first-order valence-corrected chi connectivity index (χ1v) is 14.5. The number of phenolic OH excluding ortho intramolecular Hbond substituents is 1. The Labute approximate surface area is 246 Å². The van der Waals surface area contributed by atoms with E-state index in [9.17, 15) is 0 Å². The van der Waals surface area contributed by atoms with Crippen LogP contribution in [-0.4, -0.2) is 70.3 Å². The van der Waals surface area contributed by atoms with E-state index in [1.807, 2.05) is 45.9 Å². The summed E-state index contributed by atoms with van der Waals surface area (Å²) >= 11 is 9.87. The van der Waals surface area contributed by atoms with Gasteiger partial charge in [0, 0.05) is 35.4 Å². The number of halogens is 3. The fourth-order valence-corrected chi connectivity index (χ4v) is 3.67. The number of phenols is 1. The highest BCUT2D eigenvalue weighted by atomic mass is 79.9. The molecular formula is C26H39Br3O8. The van der Waals surface area contributed by atoms with Gasteiger partial charge in [-0.2, -0.15) is 0 Å². The highest BCUT2D eigenvalue weighted by Gasteiger charge is 2.11. The Morgan fingerprint density at radius 2 is 1.14 bits per heavy atom. The molecule has 1 N–H and O–H groups in total. The predicted molar refractivity (Wildman–Crippen MR) is 156 cm³/mol. The normalized spacial score (nSPS) is 10.4. The van der Waals surface area contributed by atoms with Crippen molar-refractivity contribution in [2.75, 3.05) is 52.6 Å². The van der Waals surface area contributed by atoms with E-state index >= 15 is 0 Å². The average Bonchev–Trinajstić information content (AvgIpc) is 2.88. The molecule has 0 amide bonds. The standard InChI is InChI=1S/C13H19BrO4.C7H7BrO2.C6H13BrO2/c1-4-16-13(17-5-2)9-18-12-8-10(14)6-7-11(12)15-3;1-10-7-3-2-5(8)4-6(7)9;1-3-8-6(5-7)9-4-2/h6-8,13H,4-5,9H2,1-3H3;2-4,9H,1H3;6H,3-5H2,1-2H3. The van der Waals surface area contributed by atoms with Gasteiger partial charge in [-0.15, -0.1) is 0 Å². The first kappa shape index (κ1) is 35.9. The maximum absolute atomic E-state index is 9.14. The lowest BCUT2D eigenvalue weighted by atomic mass is 10.3. The summed E-state index contributed by atoms with van der Waals surface area (Å²) in [6.45, 7) is 10.7. The molecule has 0 bridgehead atoms. The van der Waals surface area contributed by atoms with Gasteiger partial charge in [-0.05, 0) is 64.1 Å². The lowest BCUT2D eigenvalue weighted by Gasteiger charge is -2.18. The van der Waals surface area contributed by atoms with Gasteiger partial charge in [-0.1, -0.05) is 47.8 Å². The zero-order valence-corrected chi connectivity index (χ0v) is 27.1. The smallest absolute Gasteiger partial charge is 0.191 e. The van der Waals surface area contributed by atoms with E-state index in [1.165, 1.54) is 7.11 Å². The molecule has 0 spiro atoms. The van der Waals surface area contributed by atoms with Crippen LogP contribution in [0.2, 0.25) is 0 Å². The second-order valence-corrected chi connectivity index (χ2v) is 9.24. The molecular weight excluding hydrogens is 680 g/mol. The molecule has 0 aliphatic heterocycles. The van der Waals surface area contributed by atoms with Crippen molar-refractivity contribution < 1.29 is 38.3 Å². The first-order chi connectivity index (χ1) is 17.8. The fourth-order valence-electron chi connectivity index (χ4n) is 2.61. The lowest BCUT2D eigenvalue weighted by Crippen LogP contribution is -2.25. The van der Waals surface area contributed by atoms with Gasteiger partial charge < -0.3 is 38.3 Å². The first-order valence-electron chi connectivity index (χ1n) is 11.8. The summed E-state index contributed by atoms with van der Waals surface area (Å²) in [6.07, 6.45) is -0.427. The van der Waals surface area contributed by atoms with Gasteiger partial charge in [0.05, 0.1) is 19.5 Å². The molecule has 2 aromatic rings. The van der Waals surface area contributed by atoms with E-state index in [2.05, 4.69) is 47.8 Å². The van der Waals surface area contributed by atoms with Crippen LogP contribution >= 0.6 is 47.8 Å². The van der Waals surface area contributed by atoms with Gasteiger partial charge in [-0.25, -0.2) is 0 Å². The van der Waals surface area contributed by atoms with Crippen LogP contribution in [0.1, 0.15) is 27.7 Å². The predicted octanol–water partition coefficient (Wildman–Crippen LogP) is 7.18. The van der Waals surface area contributed by atoms with Crippen molar-refractivity contribution in [2.45, 2.75) is 40.3 Å². The maximum atomic E-state index is 9.14. The molecule has 37 heavy (non-hydrogen) atoms. The van der Waals surface area contributed by atoms with E-state index in [0.29, 0.717) is 50.3 Å². The minimum atomic E-state index is -0.358. The summed E-state index contributed by atoms with van der Waals surface area (Å²) in [4.78, 5) is 0. The van der Waals surface area contributed by atoms with Crippen LogP contribution in [0.5, 0.6) is 23.0 Å². The van der Waals surface area contributed by atoms with Gasteiger partial charge in [-0.3, -0.25) is 0 Å². The van der Waals surface area contributed by atoms with E-state index in [-0.39, 0.29) is 18.3 Å². The van der Waals surface area contributed by atoms with Crippen LogP contribution in [0.25, 0.3) is 0 Å². The van der Waals surface area contributed by atoms with Crippen molar-refractivity contribution in [1.29, 1.82) is 0 Å². The van der Waals surface area contributed by atoms with Crippen molar-refractivity contribution in [3.63, 3.8) is 0 Å². The Bertz CT molecular complexity index is 829. The molecule has 0 aliphatic rings. The fraction of sp³-hybridized carbons (Fsp3) is 0.538. The van der Waals surface area contributed by atoms with E-state index < -0.39 is 0 Å². The SMILES string of the molecule is CCOC(CBr)OCC.CCOC(COc1cc(Br)ccc1OC)OCC.COc1ccc(Br)cc1O. The summed E-state index contributed by atoms with van der Waals surface area (Å²) in [5.74, 6) is 1.99. The third-order valence-corrected chi connectivity index (χ3v) is 5.69. The van der Waals surface area contributed by atoms with Gasteiger partial charge in [0.25, 0.3) is 0 Å². The van der Waals surface area contributed by atoms with Crippen LogP contribution in [0.15, 0.2) is 45.3 Å². The summed E-state index contributed by atoms with van der Waals surface area (Å²) in [5.41, 5.74) is 0. The number of benzene rings is 2. The van der Waals surface area contributed by atoms with Crippen LogP contribution in [0.3, 0.4) is 0 Å². The highest BCUT2D eigenvalue weighted by Crippen LogP contribution is 2.30. The Morgan fingerprint density at radius 1 is 0.676 bits per heavy atom. The number of aromatic hydroxyl groups is 1. The maximum Gasteiger partial charge on any atom is 0.191 e. The lowest BCUT2D eigenvalue weighted by molar-refractivity contribution is -0.152. The van der Waals surface area contributed by atoms with Gasteiger partial charge in [0.2, 0.25) is 0 Å². The Hall–Kier alpha value is -1.08. The molecule has 0 saturated heterocycles. The van der Waals surface area contributed by atoms with Crippen molar-refractivity contribution in [3.05, 3.63) is 45.3 Å². The van der Waals surface area contributed by atoms with Gasteiger partial charge in [0.15, 0.2) is 35.6 Å². The summed E-state index contributed by atoms with van der Waals surface area (Å²) in [7, 11) is 3.13. The molecule has 0 unspecified atom stereocenters. The molecule has 11 heteroatoms. The molecule has 8 nitrogen and oxygen atoms in total. The monoisotopic (exact) mass is 716 g/mol. The molecule has 0 saturated carbocycles. The third kappa shape index (κ3) is 16.5. The largest absolute Gasteiger partial charge is 0.504 e. The second-order valence-electron chi connectivity index (χ2n) is 6.76. The van der Waals surface area contributed by atoms with Crippen LogP contribution in [-0.2, 0) is 18.9 Å². The molecule has 212 valence electrons. The molecule has 0 aromatic heterocycles. The van der Waals surface area contributed by atoms with Gasteiger partial charge >= 0.3 is 0 Å². The number of alkyl halides is 1. The molecule has 2 rings (SSSR count). The molecule has 0 heterocycles. The molecule has 0 aliphatic carbocycles.